The lowest BCUT2D eigenvalue weighted by Gasteiger charge is -2.26. The van der Waals surface area contributed by atoms with Crippen molar-refractivity contribution in [1.82, 2.24) is 25.3 Å². The second kappa shape index (κ2) is 10.3. The van der Waals surface area contributed by atoms with Crippen molar-refractivity contribution in [2.45, 2.75) is 72.6 Å². The van der Waals surface area contributed by atoms with E-state index in [2.05, 4.69) is 20.4 Å². The fourth-order valence-electron chi connectivity index (χ4n) is 3.02. The maximum Gasteiger partial charge on any atom is 0.409 e. The summed E-state index contributed by atoms with van der Waals surface area (Å²) in [6.45, 7) is 16.7. The van der Waals surface area contributed by atoms with Crippen LogP contribution in [0.4, 0.5) is 9.59 Å². The SMILES string of the molecule is CC(C)COC(=O)N1CCCN(Cc2nc(C(C)(C)NC(=O)OC(C)(C)C)no2)CC1. The lowest BCUT2D eigenvalue weighted by atomic mass is 10.1. The van der Waals surface area contributed by atoms with Gasteiger partial charge in [-0.05, 0) is 47.0 Å². The van der Waals surface area contributed by atoms with Crippen LogP contribution in [0.15, 0.2) is 4.52 Å². The van der Waals surface area contributed by atoms with Gasteiger partial charge in [0.1, 0.15) is 11.1 Å². The number of rotatable bonds is 6. The molecule has 0 radical (unpaired) electrons. The summed E-state index contributed by atoms with van der Waals surface area (Å²) in [7, 11) is 0. The Morgan fingerprint density at radius 3 is 2.48 bits per heavy atom. The predicted molar refractivity (Wildman–Crippen MR) is 114 cm³/mol. The highest BCUT2D eigenvalue weighted by molar-refractivity contribution is 5.68. The highest BCUT2D eigenvalue weighted by Gasteiger charge is 2.31. The van der Waals surface area contributed by atoms with Crippen LogP contribution in [0.1, 0.15) is 66.6 Å². The van der Waals surface area contributed by atoms with Crippen molar-refractivity contribution in [3.8, 4) is 0 Å². The normalized spacial score (nSPS) is 16.2. The van der Waals surface area contributed by atoms with E-state index >= 15 is 0 Å². The van der Waals surface area contributed by atoms with E-state index in [1.165, 1.54) is 0 Å². The van der Waals surface area contributed by atoms with Crippen molar-refractivity contribution in [1.29, 1.82) is 0 Å². The predicted octanol–water partition coefficient (Wildman–Crippen LogP) is 3.13. The fraction of sp³-hybridized carbons (Fsp3) is 0.810. The Kier molecular flexibility index (Phi) is 8.27. The second-order valence-corrected chi connectivity index (χ2v) is 9.85. The number of carbonyl (C=O) groups excluding carboxylic acids is 2. The van der Waals surface area contributed by atoms with E-state index in [0.29, 0.717) is 50.4 Å². The Morgan fingerprint density at radius 2 is 1.84 bits per heavy atom. The van der Waals surface area contributed by atoms with Crippen molar-refractivity contribution in [2.24, 2.45) is 5.92 Å². The van der Waals surface area contributed by atoms with Crippen molar-refractivity contribution >= 4 is 12.2 Å². The zero-order valence-corrected chi connectivity index (χ0v) is 19.9. The van der Waals surface area contributed by atoms with Gasteiger partial charge in [-0.1, -0.05) is 19.0 Å². The van der Waals surface area contributed by atoms with Gasteiger partial charge in [-0.3, -0.25) is 4.90 Å². The lowest BCUT2D eigenvalue weighted by molar-refractivity contribution is 0.0465. The van der Waals surface area contributed by atoms with Crippen molar-refractivity contribution < 1.29 is 23.6 Å². The Morgan fingerprint density at radius 1 is 1.13 bits per heavy atom. The van der Waals surface area contributed by atoms with Gasteiger partial charge in [0.05, 0.1) is 13.2 Å². The molecule has 1 aliphatic heterocycles. The van der Waals surface area contributed by atoms with Gasteiger partial charge in [0.2, 0.25) is 5.89 Å². The Hall–Kier alpha value is -2.36. The zero-order valence-electron chi connectivity index (χ0n) is 19.9. The van der Waals surface area contributed by atoms with Gasteiger partial charge < -0.3 is 24.2 Å². The third-order valence-corrected chi connectivity index (χ3v) is 4.59. The topological polar surface area (TPSA) is 110 Å². The first-order chi connectivity index (χ1) is 14.4. The zero-order chi connectivity index (χ0) is 23.2. The molecule has 1 saturated heterocycles. The molecule has 2 heterocycles. The summed E-state index contributed by atoms with van der Waals surface area (Å²) >= 11 is 0. The molecule has 31 heavy (non-hydrogen) atoms. The summed E-state index contributed by atoms with van der Waals surface area (Å²) < 4.78 is 16.1. The van der Waals surface area contributed by atoms with E-state index in [-0.39, 0.29) is 6.09 Å². The standard InChI is InChI=1S/C21H37N5O5/c1-15(2)14-29-19(28)26-10-8-9-25(11-12-26)13-16-22-17(24-31-16)21(6,7)23-18(27)30-20(3,4)5/h15H,8-14H2,1-7H3,(H,23,27). The summed E-state index contributed by atoms with van der Waals surface area (Å²) in [5.74, 6) is 1.15. The van der Waals surface area contributed by atoms with Gasteiger partial charge in [-0.15, -0.1) is 0 Å². The van der Waals surface area contributed by atoms with E-state index in [4.69, 9.17) is 14.0 Å². The monoisotopic (exact) mass is 439 g/mol. The molecule has 1 aromatic rings. The Bertz CT molecular complexity index is 741. The van der Waals surface area contributed by atoms with Crippen LogP contribution in [0.25, 0.3) is 0 Å². The van der Waals surface area contributed by atoms with Gasteiger partial charge in [-0.25, -0.2) is 9.59 Å². The molecular formula is C21H37N5O5. The number of hydrogen-bond acceptors (Lipinski definition) is 8. The number of amides is 2. The number of hydrogen-bond donors (Lipinski definition) is 1. The molecule has 0 spiro atoms. The quantitative estimate of drug-likeness (QED) is 0.720. The summed E-state index contributed by atoms with van der Waals surface area (Å²) in [6.07, 6.45) is 0.0371. The van der Waals surface area contributed by atoms with E-state index < -0.39 is 17.2 Å². The minimum atomic E-state index is -0.847. The molecule has 1 fully saturated rings. The fourth-order valence-corrected chi connectivity index (χ4v) is 3.02. The number of ether oxygens (including phenoxy) is 2. The summed E-state index contributed by atoms with van der Waals surface area (Å²) in [5, 5.41) is 6.82. The van der Waals surface area contributed by atoms with Crippen LogP contribution in [0.5, 0.6) is 0 Å². The first-order valence-electron chi connectivity index (χ1n) is 10.8. The average molecular weight is 440 g/mol. The molecule has 0 bridgehead atoms. The smallest absolute Gasteiger partial charge is 0.409 e. The van der Waals surface area contributed by atoms with Crippen molar-refractivity contribution in [2.75, 3.05) is 32.8 Å². The average Bonchev–Trinajstić information content (AvgIpc) is 2.97. The molecule has 1 aromatic heterocycles. The molecule has 2 rings (SSSR count). The van der Waals surface area contributed by atoms with Crippen molar-refractivity contribution in [3.63, 3.8) is 0 Å². The highest BCUT2D eigenvalue weighted by atomic mass is 16.6. The molecule has 10 heteroatoms. The van der Waals surface area contributed by atoms with E-state index in [0.717, 1.165) is 13.0 Å². The molecule has 0 atom stereocenters. The van der Waals surface area contributed by atoms with Crippen LogP contribution in [0, 0.1) is 5.92 Å². The number of alkyl carbamates (subject to hydrolysis) is 1. The second-order valence-electron chi connectivity index (χ2n) is 9.85. The van der Waals surface area contributed by atoms with Gasteiger partial charge >= 0.3 is 12.2 Å². The van der Waals surface area contributed by atoms with Crippen molar-refractivity contribution in [3.05, 3.63) is 11.7 Å². The highest BCUT2D eigenvalue weighted by Crippen LogP contribution is 2.19. The van der Waals surface area contributed by atoms with Crippen LogP contribution >= 0.6 is 0 Å². The van der Waals surface area contributed by atoms with Crippen LogP contribution in [0.2, 0.25) is 0 Å². The Balaban J connectivity index is 1.89. The number of aromatic nitrogens is 2. The van der Waals surface area contributed by atoms with Crippen LogP contribution in [0.3, 0.4) is 0 Å². The van der Waals surface area contributed by atoms with E-state index in [9.17, 15) is 9.59 Å². The minimum Gasteiger partial charge on any atom is -0.449 e. The molecule has 1 aliphatic rings. The maximum atomic E-state index is 12.2. The maximum absolute atomic E-state index is 12.2. The minimum absolute atomic E-state index is 0.259. The van der Waals surface area contributed by atoms with Crippen LogP contribution in [-0.2, 0) is 21.6 Å². The van der Waals surface area contributed by atoms with Crippen LogP contribution < -0.4 is 5.32 Å². The molecule has 0 saturated carbocycles. The molecule has 2 amide bonds. The number of carbonyl (C=O) groups is 2. The van der Waals surface area contributed by atoms with Gasteiger partial charge in [-0.2, -0.15) is 4.98 Å². The first kappa shape index (κ1) is 24.9. The number of nitrogens with one attached hydrogen (secondary N) is 1. The molecule has 0 unspecified atom stereocenters. The van der Waals surface area contributed by atoms with Crippen LogP contribution in [-0.4, -0.2) is 70.5 Å². The van der Waals surface area contributed by atoms with E-state index in [1.807, 2.05) is 13.8 Å². The molecule has 0 aromatic carbocycles. The summed E-state index contributed by atoms with van der Waals surface area (Å²) in [5.41, 5.74) is -1.44. The molecule has 0 aliphatic carbocycles. The Labute approximate surface area is 184 Å². The third kappa shape index (κ3) is 8.35. The first-order valence-corrected chi connectivity index (χ1v) is 10.8. The van der Waals surface area contributed by atoms with Gasteiger partial charge in [0, 0.05) is 26.2 Å². The molecule has 1 N–H and O–H groups in total. The van der Waals surface area contributed by atoms with Gasteiger partial charge in [0.15, 0.2) is 5.82 Å². The summed E-state index contributed by atoms with van der Waals surface area (Å²) in [6, 6.07) is 0. The van der Waals surface area contributed by atoms with Gasteiger partial charge in [0.25, 0.3) is 0 Å². The molecule has 176 valence electrons. The lowest BCUT2D eigenvalue weighted by Crippen LogP contribution is -2.44. The molecule has 10 nitrogen and oxygen atoms in total. The third-order valence-electron chi connectivity index (χ3n) is 4.59. The molecular weight excluding hydrogens is 402 g/mol. The largest absolute Gasteiger partial charge is 0.449 e. The van der Waals surface area contributed by atoms with E-state index in [1.54, 1.807) is 39.5 Å². The number of nitrogens with zero attached hydrogens (tertiary/aromatic N) is 4. The summed E-state index contributed by atoms with van der Waals surface area (Å²) in [4.78, 5) is 32.7.